The fourth-order valence-corrected chi connectivity index (χ4v) is 5.24. The van der Waals surface area contributed by atoms with E-state index in [4.69, 9.17) is 12.2 Å². The standard InChI is InChI=1S/C20H23N3OS2/c24-18-6-3-13-23(18)16-9-7-15(8-10-16)21-19(25)22-20(11-1-2-12-20)17-5-4-14-26-17/h4-5,7-10,14H,1-3,6,11-13H2,(H2,21,22,25). The molecular weight excluding hydrogens is 362 g/mol. The lowest BCUT2D eigenvalue weighted by molar-refractivity contribution is -0.117. The third-order valence-electron chi connectivity index (χ3n) is 5.31. The van der Waals surface area contributed by atoms with Crippen LogP contribution < -0.4 is 15.5 Å². The van der Waals surface area contributed by atoms with Gasteiger partial charge in [0, 0.05) is 29.2 Å². The van der Waals surface area contributed by atoms with Crippen molar-refractivity contribution in [1.29, 1.82) is 0 Å². The maximum Gasteiger partial charge on any atom is 0.227 e. The molecule has 0 spiro atoms. The van der Waals surface area contributed by atoms with E-state index in [0.29, 0.717) is 11.5 Å². The summed E-state index contributed by atoms with van der Waals surface area (Å²) in [5.41, 5.74) is 1.88. The highest BCUT2D eigenvalue weighted by Crippen LogP contribution is 2.40. The average Bonchev–Trinajstić information content (AvgIpc) is 3.37. The molecule has 4 rings (SSSR count). The summed E-state index contributed by atoms with van der Waals surface area (Å²) in [6.45, 7) is 0.814. The zero-order chi connectivity index (χ0) is 18.0. The first kappa shape index (κ1) is 17.5. The number of rotatable bonds is 4. The Balaban J connectivity index is 1.42. The molecule has 26 heavy (non-hydrogen) atoms. The van der Waals surface area contributed by atoms with Gasteiger partial charge >= 0.3 is 0 Å². The molecule has 1 saturated carbocycles. The summed E-state index contributed by atoms with van der Waals surface area (Å²) in [6, 6.07) is 12.3. The van der Waals surface area contributed by atoms with Gasteiger partial charge < -0.3 is 15.5 Å². The molecule has 2 heterocycles. The van der Waals surface area contributed by atoms with E-state index in [1.165, 1.54) is 17.7 Å². The van der Waals surface area contributed by atoms with Crippen molar-refractivity contribution in [2.24, 2.45) is 0 Å². The SMILES string of the molecule is O=C1CCCN1c1ccc(NC(=S)NC2(c3cccs3)CCCC2)cc1. The van der Waals surface area contributed by atoms with Gasteiger partial charge in [-0.2, -0.15) is 0 Å². The van der Waals surface area contributed by atoms with Crippen LogP contribution in [0, 0.1) is 0 Å². The highest BCUT2D eigenvalue weighted by atomic mass is 32.1. The van der Waals surface area contributed by atoms with Crippen molar-refractivity contribution in [2.45, 2.75) is 44.1 Å². The van der Waals surface area contributed by atoms with Crippen molar-refractivity contribution in [1.82, 2.24) is 5.32 Å². The van der Waals surface area contributed by atoms with Crippen LogP contribution in [0.25, 0.3) is 0 Å². The summed E-state index contributed by atoms with van der Waals surface area (Å²) >= 11 is 7.39. The van der Waals surface area contributed by atoms with Crippen molar-refractivity contribution in [3.8, 4) is 0 Å². The lowest BCUT2D eigenvalue weighted by atomic mass is 9.96. The van der Waals surface area contributed by atoms with Crippen LogP contribution in [0.3, 0.4) is 0 Å². The Morgan fingerprint density at radius 2 is 1.88 bits per heavy atom. The fraction of sp³-hybridized carbons (Fsp3) is 0.400. The van der Waals surface area contributed by atoms with Crippen LogP contribution in [-0.2, 0) is 10.3 Å². The van der Waals surface area contributed by atoms with Crippen molar-refractivity contribution < 1.29 is 4.79 Å². The summed E-state index contributed by atoms with van der Waals surface area (Å²) < 4.78 is 0. The zero-order valence-electron chi connectivity index (χ0n) is 14.7. The highest BCUT2D eigenvalue weighted by Gasteiger charge is 2.37. The van der Waals surface area contributed by atoms with Crippen LogP contribution in [-0.4, -0.2) is 17.6 Å². The molecule has 2 fully saturated rings. The number of anilines is 2. The minimum absolute atomic E-state index is 0.0276. The summed E-state index contributed by atoms with van der Waals surface area (Å²) in [4.78, 5) is 15.1. The van der Waals surface area contributed by atoms with E-state index in [9.17, 15) is 4.79 Å². The highest BCUT2D eigenvalue weighted by molar-refractivity contribution is 7.80. The van der Waals surface area contributed by atoms with Crippen LogP contribution >= 0.6 is 23.6 Å². The predicted molar refractivity (Wildman–Crippen MR) is 112 cm³/mol. The molecule has 0 unspecified atom stereocenters. The van der Waals surface area contributed by atoms with Gasteiger partial charge in [-0.1, -0.05) is 18.9 Å². The lowest BCUT2D eigenvalue weighted by Gasteiger charge is -2.31. The van der Waals surface area contributed by atoms with E-state index in [1.807, 2.05) is 29.2 Å². The van der Waals surface area contributed by atoms with Crippen molar-refractivity contribution in [2.75, 3.05) is 16.8 Å². The number of hydrogen-bond donors (Lipinski definition) is 2. The van der Waals surface area contributed by atoms with Gasteiger partial charge in [-0.05, 0) is 67.2 Å². The van der Waals surface area contributed by atoms with E-state index in [1.54, 1.807) is 11.3 Å². The van der Waals surface area contributed by atoms with Gasteiger partial charge in [-0.15, -0.1) is 11.3 Å². The van der Waals surface area contributed by atoms with Crippen molar-refractivity contribution in [3.63, 3.8) is 0 Å². The minimum atomic E-state index is -0.0276. The first-order chi connectivity index (χ1) is 12.7. The third kappa shape index (κ3) is 3.48. The molecule has 1 aliphatic heterocycles. The smallest absolute Gasteiger partial charge is 0.227 e. The maximum absolute atomic E-state index is 11.9. The third-order valence-corrected chi connectivity index (χ3v) is 6.59. The number of carbonyl (C=O) groups is 1. The van der Waals surface area contributed by atoms with Crippen molar-refractivity contribution >= 4 is 45.9 Å². The van der Waals surface area contributed by atoms with Gasteiger partial charge in [0.1, 0.15) is 0 Å². The summed E-state index contributed by atoms with van der Waals surface area (Å²) in [7, 11) is 0. The normalized spacial score (nSPS) is 18.9. The van der Waals surface area contributed by atoms with E-state index in [-0.39, 0.29) is 11.4 Å². The zero-order valence-corrected chi connectivity index (χ0v) is 16.3. The molecule has 0 atom stereocenters. The maximum atomic E-state index is 11.9. The molecule has 1 aromatic carbocycles. The molecule has 2 aliphatic rings. The number of carbonyl (C=O) groups excluding carboxylic acids is 1. The molecule has 2 aromatic rings. The fourth-order valence-electron chi connectivity index (χ4n) is 3.99. The van der Waals surface area contributed by atoms with Gasteiger partial charge in [0.15, 0.2) is 5.11 Å². The van der Waals surface area contributed by atoms with E-state index in [2.05, 4.69) is 28.1 Å². The molecular formula is C20H23N3OS2. The second-order valence-corrected chi connectivity index (χ2v) is 8.40. The number of nitrogens with one attached hydrogen (secondary N) is 2. The number of thiophene rings is 1. The molecule has 1 saturated heterocycles. The molecule has 1 aromatic heterocycles. The Hall–Kier alpha value is -1.92. The van der Waals surface area contributed by atoms with Crippen LogP contribution in [0.1, 0.15) is 43.4 Å². The Labute approximate surface area is 163 Å². The topological polar surface area (TPSA) is 44.4 Å². The molecule has 4 nitrogen and oxygen atoms in total. The van der Waals surface area contributed by atoms with Crippen LogP contribution in [0.4, 0.5) is 11.4 Å². The Morgan fingerprint density at radius 3 is 2.50 bits per heavy atom. The predicted octanol–water partition coefficient (Wildman–Crippen LogP) is 4.63. The monoisotopic (exact) mass is 385 g/mol. The van der Waals surface area contributed by atoms with E-state index >= 15 is 0 Å². The van der Waals surface area contributed by atoms with Crippen LogP contribution in [0.2, 0.25) is 0 Å². The average molecular weight is 386 g/mol. The van der Waals surface area contributed by atoms with Crippen molar-refractivity contribution in [3.05, 3.63) is 46.7 Å². The van der Waals surface area contributed by atoms with Gasteiger partial charge in [0.2, 0.25) is 5.91 Å². The summed E-state index contributed by atoms with van der Waals surface area (Å²) in [6.07, 6.45) is 6.28. The quantitative estimate of drug-likeness (QED) is 0.753. The minimum Gasteiger partial charge on any atom is -0.352 e. The van der Waals surface area contributed by atoms with Gasteiger partial charge in [0.25, 0.3) is 0 Å². The molecule has 1 amide bonds. The number of benzene rings is 1. The number of amides is 1. The van der Waals surface area contributed by atoms with E-state index < -0.39 is 0 Å². The first-order valence-electron chi connectivity index (χ1n) is 9.20. The van der Waals surface area contributed by atoms with Gasteiger partial charge in [0.05, 0.1) is 5.54 Å². The number of hydrogen-bond acceptors (Lipinski definition) is 3. The molecule has 0 radical (unpaired) electrons. The second-order valence-electron chi connectivity index (χ2n) is 7.04. The molecule has 0 bridgehead atoms. The second kappa shape index (κ2) is 7.37. The van der Waals surface area contributed by atoms with Crippen LogP contribution in [0.5, 0.6) is 0 Å². The number of nitrogens with zero attached hydrogens (tertiary/aromatic N) is 1. The van der Waals surface area contributed by atoms with Crippen LogP contribution in [0.15, 0.2) is 41.8 Å². The molecule has 136 valence electrons. The Morgan fingerprint density at radius 1 is 1.12 bits per heavy atom. The van der Waals surface area contributed by atoms with Gasteiger partial charge in [-0.3, -0.25) is 4.79 Å². The van der Waals surface area contributed by atoms with Gasteiger partial charge in [-0.25, -0.2) is 0 Å². The molecule has 6 heteroatoms. The first-order valence-corrected chi connectivity index (χ1v) is 10.5. The van der Waals surface area contributed by atoms with E-state index in [0.717, 1.165) is 37.2 Å². The lowest BCUT2D eigenvalue weighted by Crippen LogP contribution is -2.45. The summed E-state index contributed by atoms with van der Waals surface area (Å²) in [5, 5.41) is 9.68. The summed E-state index contributed by atoms with van der Waals surface area (Å²) in [5.74, 6) is 0.210. The largest absolute Gasteiger partial charge is 0.352 e. The molecule has 1 aliphatic carbocycles. The molecule has 2 N–H and O–H groups in total. The Kier molecular flexibility index (Phi) is 4.96. The number of thiocarbonyl (C=S) groups is 1. The Bertz CT molecular complexity index is 780.